The highest BCUT2D eigenvalue weighted by Crippen LogP contribution is 2.27. The average molecular weight is 335 g/mol. The Bertz CT molecular complexity index is 764. The molecular weight excluding hydrogens is 310 g/mol. The molecule has 0 atom stereocenters. The molecule has 0 saturated carbocycles. The lowest BCUT2D eigenvalue weighted by molar-refractivity contribution is 0.859. The van der Waals surface area contributed by atoms with Crippen molar-refractivity contribution in [3.63, 3.8) is 0 Å². The molecule has 0 aliphatic carbocycles. The molecule has 2 aliphatic rings. The summed E-state index contributed by atoms with van der Waals surface area (Å²) >= 11 is 0. The van der Waals surface area contributed by atoms with Crippen LogP contribution in [0, 0.1) is 0 Å². The topological polar surface area (TPSA) is 43.8 Å². The predicted molar refractivity (Wildman–Crippen MR) is 103 cm³/mol. The van der Waals surface area contributed by atoms with E-state index < -0.39 is 0 Å². The van der Waals surface area contributed by atoms with E-state index in [0.717, 1.165) is 44.4 Å². The third-order valence-electron chi connectivity index (χ3n) is 5.05. The fourth-order valence-electron chi connectivity index (χ4n) is 3.72. The number of pyridine rings is 1. The van der Waals surface area contributed by atoms with Gasteiger partial charge in [0.1, 0.15) is 5.82 Å². The highest BCUT2D eigenvalue weighted by molar-refractivity contribution is 5.97. The lowest BCUT2D eigenvalue weighted by Crippen LogP contribution is -2.40. The predicted octanol–water partition coefficient (Wildman–Crippen LogP) is 2.82. The maximum atomic E-state index is 4.53. The lowest BCUT2D eigenvalue weighted by Gasteiger charge is -2.23. The molecule has 1 aromatic heterocycles. The average Bonchev–Trinajstić information content (AvgIpc) is 3.33. The summed E-state index contributed by atoms with van der Waals surface area (Å²) < 4.78 is 0. The molecule has 2 aromatic rings. The molecule has 3 heterocycles. The highest BCUT2D eigenvalue weighted by atomic mass is 15.3. The molecule has 5 nitrogen and oxygen atoms in total. The first-order chi connectivity index (χ1) is 12.3. The van der Waals surface area contributed by atoms with Crippen LogP contribution in [0.1, 0.15) is 24.0 Å². The van der Waals surface area contributed by atoms with Gasteiger partial charge < -0.3 is 15.1 Å². The molecule has 0 unspecified atom stereocenters. The van der Waals surface area contributed by atoms with Crippen LogP contribution in [-0.4, -0.2) is 37.6 Å². The van der Waals surface area contributed by atoms with Gasteiger partial charge in [-0.1, -0.05) is 18.2 Å². The van der Waals surface area contributed by atoms with Gasteiger partial charge in [-0.15, -0.1) is 0 Å². The SMILES string of the molecule is CN=C(NCc1ccnc(N2CCCC2)c1)N1CCc2ccccc21. The third kappa shape index (κ3) is 3.31. The lowest BCUT2D eigenvalue weighted by atomic mass is 10.2. The first-order valence-corrected chi connectivity index (χ1v) is 9.11. The molecular formula is C20H25N5. The Morgan fingerprint density at radius 1 is 1.16 bits per heavy atom. The van der Waals surface area contributed by atoms with Crippen molar-refractivity contribution in [1.29, 1.82) is 0 Å². The molecule has 0 spiro atoms. The fourth-order valence-corrected chi connectivity index (χ4v) is 3.72. The Morgan fingerprint density at radius 3 is 2.84 bits per heavy atom. The van der Waals surface area contributed by atoms with Crippen molar-refractivity contribution >= 4 is 17.5 Å². The maximum Gasteiger partial charge on any atom is 0.198 e. The van der Waals surface area contributed by atoms with Crippen molar-refractivity contribution in [1.82, 2.24) is 10.3 Å². The van der Waals surface area contributed by atoms with Gasteiger partial charge in [0.25, 0.3) is 0 Å². The zero-order chi connectivity index (χ0) is 17.1. The van der Waals surface area contributed by atoms with Crippen LogP contribution in [0.5, 0.6) is 0 Å². The second kappa shape index (κ2) is 7.13. The molecule has 0 amide bonds. The normalized spacial score (nSPS) is 17.1. The smallest absolute Gasteiger partial charge is 0.198 e. The van der Waals surface area contributed by atoms with Crippen molar-refractivity contribution in [3.8, 4) is 0 Å². The van der Waals surface area contributed by atoms with Crippen LogP contribution in [0.2, 0.25) is 0 Å². The van der Waals surface area contributed by atoms with Crippen LogP contribution >= 0.6 is 0 Å². The standard InChI is InChI=1S/C20H25N5/c1-21-20(25-13-9-17-6-2-3-7-18(17)25)23-15-16-8-10-22-19(14-16)24-11-4-5-12-24/h2-3,6-8,10,14H,4-5,9,11-13,15H2,1H3,(H,21,23). The minimum absolute atomic E-state index is 0.759. The number of hydrogen-bond donors (Lipinski definition) is 1. The van der Waals surface area contributed by atoms with Gasteiger partial charge in [0.2, 0.25) is 0 Å². The van der Waals surface area contributed by atoms with Crippen LogP contribution in [0.4, 0.5) is 11.5 Å². The van der Waals surface area contributed by atoms with E-state index in [9.17, 15) is 0 Å². The highest BCUT2D eigenvalue weighted by Gasteiger charge is 2.22. The molecule has 1 aromatic carbocycles. The molecule has 2 aliphatic heterocycles. The molecule has 0 bridgehead atoms. The number of rotatable bonds is 3. The van der Waals surface area contributed by atoms with E-state index in [-0.39, 0.29) is 0 Å². The summed E-state index contributed by atoms with van der Waals surface area (Å²) in [5.41, 5.74) is 3.90. The van der Waals surface area contributed by atoms with Crippen molar-refractivity contribution in [2.45, 2.75) is 25.8 Å². The third-order valence-corrected chi connectivity index (χ3v) is 5.05. The first kappa shape index (κ1) is 15.9. The van der Waals surface area contributed by atoms with Gasteiger partial charge in [-0.3, -0.25) is 4.99 Å². The van der Waals surface area contributed by atoms with Gasteiger partial charge in [0.05, 0.1) is 0 Å². The number of para-hydroxylation sites is 1. The number of fused-ring (bicyclic) bond motifs is 1. The van der Waals surface area contributed by atoms with E-state index in [1.807, 2.05) is 13.2 Å². The molecule has 130 valence electrons. The van der Waals surface area contributed by atoms with E-state index in [1.165, 1.54) is 29.7 Å². The number of guanidine groups is 1. The van der Waals surface area contributed by atoms with Gasteiger partial charge in [0, 0.05) is 45.1 Å². The quantitative estimate of drug-likeness (QED) is 0.692. The van der Waals surface area contributed by atoms with Crippen LogP contribution in [0.25, 0.3) is 0 Å². The number of aromatic nitrogens is 1. The molecule has 1 N–H and O–H groups in total. The maximum absolute atomic E-state index is 4.53. The Morgan fingerprint density at radius 2 is 2.00 bits per heavy atom. The zero-order valence-corrected chi connectivity index (χ0v) is 14.8. The van der Waals surface area contributed by atoms with Crippen LogP contribution in [0.3, 0.4) is 0 Å². The van der Waals surface area contributed by atoms with Crippen molar-refractivity contribution in [2.75, 3.05) is 36.5 Å². The fraction of sp³-hybridized carbons (Fsp3) is 0.400. The van der Waals surface area contributed by atoms with Crippen LogP contribution in [-0.2, 0) is 13.0 Å². The Kier molecular flexibility index (Phi) is 4.55. The van der Waals surface area contributed by atoms with Crippen molar-refractivity contribution < 1.29 is 0 Å². The zero-order valence-electron chi connectivity index (χ0n) is 14.8. The van der Waals surface area contributed by atoms with Crippen molar-refractivity contribution in [2.24, 2.45) is 4.99 Å². The Balaban J connectivity index is 1.44. The van der Waals surface area contributed by atoms with E-state index >= 15 is 0 Å². The number of nitrogens with zero attached hydrogens (tertiary/aromatic N) is 4. The molecule has 4 rings (SSSR count). The molecule has 5 heteroatoms. The molecule has 1 fully saturated rings. The second-order valence-electron chi connectivity index (χ2n) is 6.65. The number of benzene rings is 1. The minimum atomic E-state index is 0.759. The number of hydrogen-bond acceptors (Lipinski definition) is 3. The number of aliphatic imine (C=N–C) groups is 1. The van der Waals surface area contributed by atoms with E-state index in [4.69, 9.17) is 0 Å². The molecule has 1 saturated heterocycles. The van der Waals surface area contributed by atoms with Crippen LogP contribution < -0.4 is 15.1 Å². The van der Waals surface area contributed by atoms with E-state index in [1.54, 1.807) is 0 Å². The monoisotopic (exact) mass is 335 g/mol. The summed E-state index contributed by atoms with van der Waals surface area (Å²) in [4.78, 5) is 13.7. The summed E-state index contributed by atoms with van der Waals surface area (Å²) in [6.45, 7) is 3.98. The van der Waals surface area contributed by atoms with Gasteiger partial charge in [-0.25, -0.2) is 4.98 Å². The van der Waals surface area contributed by atoms with Gasteiger partial charge in [-0.05, 0) is 48.6 Å². The van der Waals surface area contributed by atoms with E-state index in [0.29, 0.717) is 0 Å². The second-order valence-corrected chi connectivity index (χ2v) is 6.65. The molecule has 25 heavy (non-hydrogen) atoms. The largest absolute Gasteiger partial charge is 0.357 e. The summed E-state index contributed by atoms with van der Waals surface area (Å²) in [6, 6.07) is 12.9. The molecule has 0 radical (unpaired) electrons. The van der Waals surface area contributed by atoms with Gasteiger partial charge in [0.15, 0.2) is 5.96 Å². The first-order valence-electron chi connectivity index (χ1n) is 9.11. The Hall–Kier alpha value is -2.56. The van der Waals surface area contributed by atoms with Gasteiger partial charge >= 0.3 is 0 Å². The number of nitrogens with one attached hydrogen (secondary N) is 1. The van der Waals surface area contributed by atoms with Crippen molar-refractivity contribution in [3.05, 3.63) is 53.7 Å². The number of anilines is 2. The summed E-state index contributed by atoms with van der Waals surface area (Å²) in [6.07, 6.45) is 5.53. The minimum Gasteiger partial charge on any atom is -0.357 e. The van der Waals surface area contributed by atoms with Crippen LogP contribution in [0.15, 0.2) is 47.6 Å². The summed E-state index contributed by atoms with van der Waals surface area (Å²) in [5, 5.41) is 3.52. The van der Waals surface area contributed by atoms with Gasteiger partial charge in [-0.2, -0.15) is 0 Å². The Labute approximate surface area is 149 Å². The summed E-state index contributed by atoms with van der Waals surface area (Å²) in [7, 11) is 1.85. The summed E-state index contributed by atoms with van der Waals surface area (Å²) in [5.74, 6) is 2.03. The van der Waals surface area contributed by atoms with E-state index in [2.05, 4.69) is 61.5 Å².